The van der Waals surface area contributed by atoms with E-state index in [1.807, 2.05) is 6.92 Å². The monoisotopic (exact) mass is 175 g/mol. The number of alkyl halides is 1. The predicted molar refractivity (Wildman–Crippen MR) is 45.3 cm³/mol. The Morgan fingerprint density at radius 3 is 2.67 bits per heavy atom. The summed E-state index contributed by atoms with van der Waals surface area (Å²) in [5, 5.41) is 0. The third kappa shape index (κ3) is 6.13. The minimum Gasteiger partial charge on any atom is -0.454 e. The topological polar surface area (TPSA) is 26.3 Å². The summed E-state index contributed by atoms with van der Waals surface area (Å²) >= 11 is 0. The normalized spacial score (nSPS) is 15.2. The van der Waals surface area contributed by atoms with E-state index in [1.54, 1.807) is 0 Å². The Bertz CT molecular complexity index is 115. The van der Waals surface area contributed by atoms with Gasteiger partial charge in [-0.2, -0.15) is 0 Å². The van der Waals surface area contributed by atoms with E-state index < -0.39 is 6.17 Å². The zero-order valence-corrected chi connectivity index (χ0v) is 7.68. The van der Waals surface area contributed by atoms with Crippen LogP contribution in [0.25, 0.3) is 0 Å². The fourth-order valence-corrected chi connectivity index (χ4v) is 1.09. The second kappa shape index (κ2) is 7.07. The average Bonchev–Trinajstić information content (AvgIpc) is 2.00. The molecule has 71 valence electrons. The number of rotatable bonds is 7. The molecule has 0 saturated heterocycles. The van der Waals surface area contributed by atoms with Gasteiger partial charge in [0.1, 0.15) is 12.3 Å². The molecule has 0 aliphatic rings. The zero-order chi connectivity index (χ0) is 9.40. The summed E-state index contributed by atoms with van der Waals surface area (Å²) in [6.45, 7) is 4.87. The van der Waals surface area contributed by atoms with E-state index in [-0.39, 0.29) is 12.5 Å². The summed E-state index contributed by atoms with van der Waals surface area (Å²) in [7, 11) is 0. The minimum atomic E-state index is -0.916. The second-order valence-corrected chi connectivity index (χ2v) is 2.98. The Kier molecular flexibility index (Phi) is 6.72. The average molecular weight is 175 g/mol. The van der Waals surface area contributed by atoms with E-state index in [0.717, 1.165) is 19.3 Å². The maximum atomic E-state index is 12.5. The highest BCUT2D eigenvalue weighted by Gasteiger charge is 2.12. The SMILES string of the molecule is CCCCC(CC(C)F)O[C]=O. The van der Waals surface area contributed by atoms with Crippen LogP contribution in [0.15, 0.2) is 0 Å². The van der Waals surface area contributed by atoms with E-state index in [0.29, 0.717) is 0 Å². The molecule has 1 radical (unpaired) electrons. The van der Waals surface area contributed by atoms with Gasteiger partial charge in [-0.25, -0.2) is 9.18 Å². The molecule has 0 aromatic carbocycles. The van der Waals surface area contributed by atoms with Crippen LogP contribution in [0.1, 0.15) is 39.5 Å². The molecule has 12 heavy (non-hydrogen) atoms. The second-order valence-electron chi connectivity index (χ2n) is 2.98. The lowest BCUT2D eigenvalue weighted by Crippen LogP contribution is -2.16. The fraction of sp³-hybridized carbons (Fsp3) is 0.889. The summed E-state index contributed by atoms with van der Waals surface area (Å²) in [4.78, 5) is 9.89. The number of ether oxygens (including phenoxy) is 1. The fourth-order valence-electron chi connectivity index (χ4n) is 1.09. The van der Waals surface area contributed by atoms with Gasteiger partial charge in [0.15, 0.2) is 0 Å². The molecule has 0 aliphatic heterocycles. The highest BCUT2D eigenvalue weighted by Crippen LogP contribution is 2.11. The first-order chi connectivity index (χ1) is 5.70. The van der Waals surface area contributed by atoms with Crippen LogP contribution in [0.2, 0.25) is 0 Å². The molecule has 2 atom stereocenters. The van der Waals surface area contributed by atoms with Crippen LogP contribution in [0.3, 0.4) is 0 Å². The van der Waals surface area contributed by atoms with Crippen molar-refractivity contribution in [3.63, 3.8) is 0 Å². The van der Waals surface area contributed by atoms with Gasteiger partial charge in [-0.15, -0.1) is 0 Å². The molecule has 0 N–H and O–H groups in total. The Hall–Kier alpha value is -0.600. The maximum Gasteiger partial charge on any atom is 0.417 e. The summed E-state index contributed by atoms with van der Waals surface area (Å²) in [5.74, 6) is 0. The van der Waals surface area contributed by atoms with Crippen LogP contribution in [0.5, 0.6) is 0 Å². The number of hydrogen-bond acceptors (Lipinski definition) is 2. The van der Waals surface area contributed by atoms with E-state index >= 15 is 0 Å². The van der Waals surface area contributed by atoms with Crippen molar-refractivity contribution in [1.82, 2.24) is 0 Å². The molecular weight excluding hydrogens is 159 g/mol. The van der Waals surface area contributed by atoms with Crippen molar-refractivity contribution >= 4 is 6.47 Å². The smallest absolute Gasteiger partial charge is 0.417 e. The molecule has 0 aromatic heterocycles. The summed E-state index contributed by atoms with van der Waals surface area (Å²) in [6.07, 6.45) is 1.80. The molecule has 0 rings (SSSR count). The largest absolute Gasteiger partial charge is 0.454 e. The van der Waals surface area contributed by atoms with Crippen LogP contribution < -0.4 is 0 Å². The van der Waals surface area contributed by atoms with Crippen molar-refractivity contribution in [2.24, 2.45) is 0 Å². The number of hydrogen-bond donors (Lipinski definition) is 0. The van der Waals surface area contributed by atoms with Gasteiger partial charge in [0.2, 0.25) is 0 Å². The van der Waals surface area contributed by atoms with Crippen molar-refractivity contribution in [3.05, 3.63) is 0 Å². The summed E-state index contributed by atoms with van der Waals surface area (Å²) < 4.78 is 17.1. The minimum absolute atomic E-state index is 0.287. The van der Waals surface area contributed by atoms with Crippen molar-refractivity contribution in [2.75, 3.05) is 0 Å². The van der Waals surface area contributed by atoms with Gasteiger partial charge >= 0.3 is 6.47 Å². The first-order valence-corrected chi connectivity index (χ1v) is 4.37. The highest BCUT2D eigenvalue weighted by atomic mass is 19.1. The first kappa shape index (κ1) is 11.4. The van der Waals surface area contributed by atoms with Crippen LogP contribution in [0, 0.1) is 0 Å². The Morgan fingerprint density at radius 1 is 1.58 bits per heavy atom. The van der Waals surface area contributed by atoms with Gasteiger partial charge in [0.25, 0.3) is 0 Å². The molecular formula is C9H16FO2. The molecule has 2 unspecified atom stereocenters. The Morgan fingerprint density at radius 2 is 2.25 bits per heavy atom. The van der Waals surface area contributed by atoms with Crippen molar-refractivity contribution in [3.8, 4) is 0 Å². The van der Waals surface area contributed by atoms with E-state index in [1.165, 1.54) is 13.4 Å². The van der Waals surface area contributed by atoms with Crippen molar-refractivity contribution in [2.45, 2.75) is 51.8 Å². The predicted octanol–water partition coefficient (Wildman–Crippen LogP) is 2.38. The van der Waals surface area contributed by atoms with Crippen LogP contribution in [-0.2, 0) is 9.53 Å². The molecule has 2 nitrogen and oxygen atoms in total. The Balaban J connectivity index is 3.61. The lowest BCUT2D eigenvalue weighted by Gasteiger charge is -2.14. The molecule has 0 aromatic rings. The van der Waals surface area contributed by atoms with Crippen molar-refractivity contribution < 1.29 is 13.9 Å². The molecule has 0 saturated carbocycles. The molecule has 0 amide bonds. The highest BCUT2D eigenvalue weighted by molar-refractivity contribution is 5.38. The molecule has 0 aliphatic carbocycles. The first-order valence-electron chi connectivity index (χ1n) is 4.37. The van der Waals surface area contributed by atoms with Gasteiger partial charge in [0, 0.05) is 6.42 Å². The van der Waals surface area contributed by atoms with Crippen LogP contribution >= 0.6 is 0 Å². The zero-order valence-electron chi connectivity index (χ0n) is 7.68. The maximum absolute atomic E-state index is 12.5. The van der Waals surface area contributed by atoms with Crippen molar-refractivity contribution in [1.29, 1.82) is 0 Å². The van der Waals surface area contributed by atoms with Gasteiger partial charge in [-0.05, 0) is 13.3 Å². The number of carbonyl (C=O) groups excluding carboxylic acids is 1. The van der Waals surface area contributed by atoms with E-state index in [4.69, 9.17) is 0 Å². The summed E-state index contributed by atoms with van der Waals surface area (Å²) in [5.41, 5.74) is 0. The lowest BCUT2D eigenvalue weighted by molar-refractivity contribution is 0.126. The van der Waals surface area contributed by atoms with Gasteiger partial charge in [0.05, 0.1) is 0 Å². The standard InChI is InChI=1S/C9H16FO2/c1-3-4-5-9(12-7-11)6-8(2)10/h8-9H,3-6H2,1-2H3. The van der Waals surface area contributed by atoms with Crippen LogP contribution in [0.4, 0.5) is 4.39 Å². The molecule has 0 heterocycles. The molecule has 0 spiro atoms. The summed E-state index contributed by atoms with van der Waals surface area (Å²) in [6, 6.07) is 0. The molecule has 0 fully saturated rings. The molecule has 3 heteroatoms. The van der Waals surface area contributed by atoms with Gasteiger partial charge < -0.3 is 4.74 Å². The van der Waals surface area contributed by atoms with Crippen LogP contribution in [-0.4, -0.2) is 18.7 Å². The van der Waals surface area contributed by atoms with Gasteiger partial charge in [-0.3, -0.25) is 0 Å². The third-order valence-corrected chi connectivity index (χ3v) is 1.68. The number of halogens is 1. The lowest BCUT2D eigenvalue weighted by atomic mass is 10.1. The quantitative estimate of drug-likeness (QED) is 0.593. The number of unbranched alkanes of at least 4 members (excludes halogenated alkanes) is 1. The Labute approximate surface area is 73.1 Å². The third-order valence-electron chi connectivity index (χ3n) is 1.68. The molecule has 0 bridgehead atoms. The van der Waals surface area contributed by atoms with E-state index in [2.05, 4.69) is 4.74 Å². The van der Waals surface area contributed by atoms with E-state index in [9.17, 15) is 9.18 Å². The van der Waals surface area contributed by atoms with Gasteiger partial charge in [-0.1, -0.05) is 19.8 Å².